The lowest BCUT2D eigenvalue weighted by Gasteiger charge is -2.09. The molecule has 0 amide bonds. The molecule has 1 aromatic heterocycles. The van der Waals surface area contributed by atoms with Gasteiger partial charge in [-0.2, -0.15) is 0 Å². The molecule has 23 heavy (non-hydrogen) atoms. The van der Waals surface area contributed by atoms with Crippen LogP contribution in [-0.2, 0) is 17.6 Å². The molecule has 0 atom stereocenters. The standard InChI is InChI=1S/C19H22FNO2/c1-14(2)19(22)13-23-18-11-15(10-16(20)12-18)6-5-8-17-7-3-4-9-21-17/h3-4,7,9-12,14H,5-6,8,13H2,1-2H3. The van der Waals surface area contributed by atoms with Crippen LogP contribution in [0.3, 0.4) is 0 Å². The molecule has 1 aromatic carbocycles. The largest absolute Gasteiger partial charge is 0.486 e. The summed E-state index contributed by atoms with van der Waals surface area (Å²) in [6, 6.07) is 10.5. The van der Waals surface area contributed by atoms with Crippen LogP contribution in [0.15, 0.2) is 42.6 Å². The molecule has 0 bridgehead atoms. The van der Waals surface area contributed by atoms with E-state index in [0.717, 1.165) is 30.5 Å². The number of carbonyl (C=O) groups excluding carboxylic acids is 1. The van der Waals surface area contributed by atoms with Gasteiger partial charge in [0.1, 0.15) is 18.2 Å². The van der Waals surface area contributed by atoms with Crippen LogP contribution in [-0.4, -0.2) is 17.4 Å². The normalized spacial score (nSPS) is 10.8. The van der Waals surface area contributed by atoms with Crippen LogP contribution >= 0.6 is 0 Å². The third-order valence-electron chi connectivity index (χ3n) is 3.58. The molecule has 0 aliphatic heterocycles. The Morgan fingerprint density at radius 2 is 2.04 bits per heavy atom. The quantitative estimate of drug-likeness (QED) is 0.739. The Kier molecular flexibility index (Phi) is 6.27. The number of benzene rings is 1. The predicted molar refractivity (Wildman–Crippen MR) is 88.0 cm³/mol. The summed E-state index contributed by atoms with van der Waals surface area (Å²) < 4.78 is 19.1. The molecule has 0 N–H and O–H groups in total. The van der Waals surface area contributed by atoms with E-state index in [4.69, 9.17) is 4.74 Å². The molecule has 0 aliphatic rings. The molecule has 122 valence electrons. The van der Waals surface area contributed by atoms with E-state index in [1.807, 2.05) is 32.0 Å². The number of rotatable bonds is 8. The molecule has 4 heteroatoms. The molecule has 0 fully saturated rings. The molecule has 2 rings (SSSR count). The zero-order chi connectivity index (χ0) is 16.7. The Morgan fingerprint density at radius 3 is 2.74 bits per heavy atom. The predicted octanol–water partition coefficient (Wildman–Crippen LogP) is 4.00. The van der Waals surface area contributed by atoms with Gasteiger partial charge >= 0.3 is 0 Å². The molecular weight excluding hydrogens is 293 g/mol. The summed E-state index contributed by atoms with van der Waals surface area (Å²) in [5.41, 5.74) is 1.90. The smallest absolute Gasteiger partial charge is 0.172 e. The average molecular weight is 315 g/mol. The van der Waals surface area contributed by atoms with Gasteiger partial charge in [0.05, 0.1) is 0 Å². The average Bonchev–Trinajstić information content (AvgIpc) is 2.53. The number of carbonyl (C=O) groups is 1. The summed E-state index contributed by atoms with van der Waals surface area (Å²) in [7, 11) is 0. The number of nitrogens with zero attached hydrogens (tertiary/aromatic N) is 1. The van der Waals surface area contributed by atoms with E-state index in [1.54, 1.807) is 12.3 Å². The maximum absolute atomic E-state index is 13.7. The Labute approximate surface area is 136 Å². The first-order chi connectivity index (χ1) is 11.0. The minimum Gasteiger partial charge on any atom is -0.486 e. The van der Waals surface area contributed by atoms with Crippen molar-refractivity contribution in [2.45, 2.75) is 33.1 Å². The van der Waals surface area contributed by atoms with E-state index in [1.165, 1.54) is 12.1 Å². The van der Waals surface area contributed by atoms with Crippen molar-refractivity contribution in [3.05, 3.63) is 59.7 Å². The van der Waals surface area contributed by atoms with E-state index in [-0.39, 0.29) is 24.1 Å². The highest BCUT2D eigenvalue weighted by atomic mass is 19.1. The number of aryl methyl sites for hydroxylation is 2. The lowest BCUT2D eigenvalue weighted by molar-refractivity contribution is -0.123. The molecule has 0 radical (unpaired) electrons. The Morgan fingerprint density at radius 1 is 1.22 bits per heavy atom. The fourth-order valence-corrected chi connectivity index (χ4v) is 2.19. The zero-order valence-corrected chi connectivity index (χ0v) is 13.6. The second kappa shape index (κ2) is 8.42. The van der Waals surface area contributed by atoms with Crippen LogP contribution in [0.1, 0.15) is 31.5 Å². The Balaban J connectivity index is 1.90. The van der Waals surface area contributed by atoms with Gasteiger partial charge in [0.2, 0.25) is 0 Å². The van der Waals surface area contributed by atoms with E-state index >= 15 is 0 Å². The number of hydrogen-bond acceptors (Lipinski definition) is 3. The summed E-state index contributed by atoms with van der Waals surface area (Å²) in [4.78, 5) is 15.9. The number of aromatic nitrogens is 1. The van der Waals surface area contributed by atoms with Crippen molar-refractivity contribution in [2.75, 3.05) is 6.61 Å². The second-order valence-electron chi connectivity index (χ2n) is 5.88. The van der Waals surface area contributed by atoms with Crippen molar-refractivity contribution < 1.29 is 13.9 Å². The van der Waals surface area contributed by atoms with Crippen LogP contribution in [0.4, 0.5) is 4.39 Å². The third kappa shape index (κ3) is 5.81. The Hall–Kier alpha value is -2.23. The summed E-state index contributed by atoms with van der Waals surface area (Å²) in [6.45, 7) is 3.62. The monoisotopic (exact) mass is 315 g/mol. The van der Waals surface area contributed by atoms with E-state index < -0.39 is 0 Å². The fourth-order valence-electron chi connectivity index (χ4n) is 2.19. The maximum atomic E-state index is 13.7. The summed E-state index contributed by atoms with van der Waals surface area (Å²) in [6.07, 6.45) is 4.24. The van der Waals surface area contributed by atoms with Crippen LogP contribution in [0.2, 0.25) is 0 Å². The topological polar surface area (TPSA) is 39.2 Å². The summed E-state index contributed by atoms with van der Waals surface area (Å²) in [5, 5.41) is 0. The number of ketones is 1. The number of pyridine rings is 1. The molecule has 0 saturated carbocycles. The van der Waals surface area contributed by atoms with Crippen molar-refractivity contribution in [3.8, 4) is 5.75 Å². The van der Waals surface area contributed by atoms with Gasteiger partial charge in [0.15, 0.2) is 5.78 Å². The number of ether oxygens (including phenoxy) is 1. The lowest BCUT2D eigenvalue weighted by atomic mass is 10.1. The zero-order valence-electron chi connectivity index (χ0n) is 13.6. The first-order valence-corrected chi connectivity index (χ1v) is 7.89. The molecule has 0 unspecified atom stereocenters. The van der Waals surface area contributed by atoms with Gasteiger partial charge in [-0.1, -0.05) is 19.9 Å². The molecule has 1 heterocycles. The van der Waals surface area contributed by atoms with Crippen LogP contribution in [0.25, 0.3) is 0 Å². The molecule has 0 saturated heterocycles. The van der Waals surface area contributed by atoms with Crippen molar-refractivity contribution in [1.82, 2.24) is 4.98 Å². The van der Waals surface area contributed by atoms with Gasteiger partial charge in [-0.25, -0.2) is 4.39 Å². The minimum atomic E-state index is -0.340. The lowest BCUT2D eigenvalue weighted by Crippen LogP contribution is -2.16. The Bertz CT molecular complexity index is 641. The highest BCUT2D eigenvalue weighted by Crippen LogP contribution is 2.18. The van der Waals surface area contributed by atoms with Crippen molar-refractivity contribution in [3.63, 3.8) is 0 Å². The van der Waals surface area contributed by atoms with Gasteiger partial charge in [-0.3, -0.25) is 9.78 Å². The molecular formula is C19H22FNO2. The first kappa shape index (κ1) is 17.1. The summed E-state index contributed by atoms with van der Waals surface area (Å²) >= 11 is 0. The number of hydrogen-bond donors (Lipinski definition) is 0. The van der Waals surface area contributed by atoms with Gasteiger partial charge in [0, 0.05) is 23.9 Å². The molecule has 0 aliphatic carbocycles. The fraction of sp³-hybridized carbons (Fsp3) is 0.368. The van der Waals surface area contributed by atoms with Gasteiger partial charge in [0.25, 0.3) is 0 Å². The van der Waals surface area contributed by atoms with Crippen LogP contribution in [0.5, 0.6) is 5.75 Å². The molecule has 2 aromatic rings. The highest BCUT2D eigenvalue weighted by molar-refractivity contribution is 5.81. The molecule has 3 nitrogen and oxygen atoms in total. The minimum absolute atomic E-state index is 0.00552. The highest BCUT2D eigenvalue weighted by Gasteiger charge is 2.09. The van der Waals surface area contributed by atoms with Crippen molar-refractivity contribution in [2.24, 2.45) is 5.92 Å². The number of halogens is 1. The van der Waals surface area contributed by atoms with Crippen LogP contribution < -0.4 is 4.74 Å². The number of Topliss-reactive ketones (excluding diaryl/α,β-unsaturated/α-hetero) is 1. The SMILES string of the molecule is CC(C)C(=O)COc1cc(F)cc(CCCc2ccccn2)c1. The van der Waals surface area contributed by atoms with Crippen molar-refractivity contribution in [1.29, 1.82) is 0 Å². The van der Waals surface area contributed by atoms with Gasteiger partial charge < -0.3 is 4.74 Å². The first-order valence-electron chi connectivity index (χ1n) is 7.89. The van der Waals surface area contributed by atoms with Crippen LogP contribution in [0, 0.1) is 11.7 Å². The van der Waals surface area contributed by atoms with Gasteiger partial charge in [-0.15, -0.1) is 0 Å². The van der Waals surface area contributed by atoms with Gasteiger partial charge in [-0.05, 0) is 49.1 Å². The molecule has 0 spiro atoms. The van der Waals surface area contributed by atoms with E-state index in [2.05, 4.69) is 4.98 Å². The maximum Gasteiger partial charge on any atom is 0.172 e. The van der Waals surface area contributed by atoms with E-state index in [9.17, 15) is 9.18 Å². The van der Waals surface area contributed by atoms with E-state index in [0.29, 0.717) is 5.75 Å². The summed E-state index contributed by atoms with van der Waals surface area (Å²) in [5.74, 6) is -0.00784. The van der Waals surface area contributed by atoms with Crippen molar-refractivity contribution >= 4 is 5.78 Å². The third-order valence-corrected chi connectivity index (χ3v) is 3.58. The second-order valence-corrected chi connectivity index (χ2v) is 5.88.